The number of nitrogens with two attached hydrogens (primary N) is 1. The molecule has 1 fully saturated rings. The van der Waals surface area contributed by atoms with Crippen LogP contribution in [0.25, 0.3) is 11.0 Å². The van der Waals surface area contributed by atoms with E-state index >= 15 is 0 Å². The lowest BCUT2D eigenvalue weighted by molar-refractivity contribution is -0.304. The molecule has 1 aliphatic rings. The van der Waals surface area contributed by atoms with Crippen LogP contribution in [-0.4, -0.2) is 66.1 Å². The first-order valence-electron chi connectivity index (χ1n) is 13.7. The Hall–Kier alpha value is -4.77. The highest BCUT2D eigenvalue weighted by Crippen LogP contribution is 2.38. The molecule has 1 saturated heterocycles. The average molecular weight is 611 g/mol. The maximum atomic E-state index is 13.0. The zero-order valence-corrected chi connectivity index (χ0v) is 24.6. The zero-order chi connectivity index (χ0) is 32.2. The third-order valence-electron chi connectivity index (χ3n) is 7.08. The van der Waals surface area contributed by atoms with Gasteiger partial charge in [-0.3, -0.25) is 4.79 Å². The minimum absolute atomic E-state index is 0.0328. The Kier molecular flexibility index (Phi) is 9.68. The summed E-state index contributed by atoms with van der Waals surface area (Å²) >= 11 is 0. The Balaban J connectivity index is 1.58. The van der Waals surface area contributed by atoms with Crippen LogP contribution >= 0.6 is 0 Å². The molecule has 234 valence electrons. The molecule has 13 nitrogen and oxygen atoms in total. The van der Waals surface area contributed by atoms with Gasteiger partial charge in [0.2, 0.25) is 6.29 Å². The maximum Gasteiger partial charge on any atom is 0.404 e. The molecule has 0 radical (unpaired) electrons. The molecule has 1 aliphatic heterocycles. The van der Waals surface area contributed by atoms with Crippen molar-refractivity contribution in [2.45, 2.75) is 63.8 Å². The van der Waals surface area contributed by atoms with E-state index in [0.29, 0.717) is 25.2 Å². The second-order valence-corrected chi connectivity index (χ2v) is 10.6. The molecule has 5 N–H and O–H groups in total. The number of ether oxygens (including phenoxy) is 5. The topological polar surface area (TPSA) is 189 Å². The quantitative estimate of drug-likeness (QED) is 0.150. The van der Waals surface area contributed by atoms with Crippen molar-refractivity contribution in [1.29, 1.82) is 0 Å². The first-order valence-corrected chi connectivity index (χ1v) is 13.7. The lowest BCUT2D eigenvalue weighted by atomic mass is 9.89. The highest BCUT2D eigenvalue weighted by molar-refractivity contribution is 6.06. The Morgan fingerprint density at radius 3 is 2.66 bits per heavy atom. The predicted molar refractivity (Wildman–Crippen MR) is 158 cm³/mol. The van der Waals surface area contributed by atoms with Gasteiger partial charge in [-0.15, -0.1) is 12.3 Å². The molecule has 2 amide bonds. The number of amides is 2. The van der Waals surface area contributed by atoms with Crippen LogP contribution in [0.4, 0.5) is 10.5 Å². The predicted octanol–water partition coefficient (Wildman–Crippen LogP) is 3.21. The van der Waals surface area contributed by atoms with Crippen molar-refractivity contribution in [3.63, 3.8) is 0 Å². The van der Waals surface area contributed by atoms with Crippen molar-refractivity contribution in [3.8, 4) is 29.6 Å². The van der Waals surface area contributed by atoms with Gasteiger partial charge in [-0.2, -0.15) is 0 Å². The van der Waals surface area contributed by atoms with E-state index in [4.69, 9.17) is 40.3 Å². The second-order valence-electron chi connectivity index (χ2n) is 10.6. The number of carbonyl (C=O) groups excluding carboxylic acids is 2. The Bertz CT molecular complexity index is 1640. The molecule has 3 aromatic rings. The SMILES string of the molecule is C#CCCCOc1cccc(C(=O)Nc2c(O)c3ccc(O[C@@H]4OC(C)(C)[C@H](OC)[C@@H](OC(N)=O)[C@H]4O)c(C)c3oc2=O)c1. The van der Waals surface area contributed by atoms with Crippen LogP contribution in [0.1, 0.15) is 42.6 Å². The number of hydrogen-bond donors (Lipinski definition) is 4. The molecule has 0 bridgehead atoms. The zero-order valence-electron chi connectivity index (χ0n) is 24.6. The number of benzene rings is 2. The van der Waals surface area contributed by atoms with E-state index in [1.807, 2.05) is 0 Å². The summed E-state index contributed by atoms with van der Waals surface area (Å²) in [7, 11) is 1.37. The summed E-state index contributed by atoms with van der Waals surface area (Å²) in [6.07, 6.45) is 0.366. The van der Waals surface area contributed by atoms with Crippen molar-refractivity contribution in [2.75, 3.05) is 19.0 Å². The highest BCUT2D eigenvalue weighted by atomic mass is 16.7. The number of methoxy groups -OCH3 is 1. The number of fused-ring (bicyclic) bond motifs is 1. The summed E-state index contributed by atoms with van der Waals surface area (Å²) in [5.41, 5.74) is 3.06. The van der Waals surface area contributed by atoms with Gasteiger partial charge >= 0.3 is 11.7 Å². The number of aliphatic hydroxyl groups excluding tert-OH is 1. The van der Waals surface area contributed by atoms with Crippen molar-refractivity contribution >= 4 is 28.7 Å². The molecule has 0 spiro atoms. The minimum atomic E-state index is -1.51. The number of unbranched alkanes of at least 4 members (excludes halogenated alkanes) is 1. The first-order chi connectivity index (χ1) is 20.9. The lowest BCUT2D eigenvalue weighted by Crippen LogP contribution is -2.65. The molecule has 0 aliphatic carbocycles. The van der Waals surface area contributed by atoms with Gasteiger partial charge in [0.15, 0.2) is 23.6 Å². The van der Waals surface area contributed by atoms with E-state index in [1.54, 1.807) is 32.9 Å². The highest BCUT2D eigenvalue weighted by Gasteiger charge is 2.53. The maximum absolute atomic E-state index is 13.0. The largest absolute Gasteiger partial charge is 0.505 e. The number of carbonyl (C=O) groups is 2. The molecule has 1 aromatic heterocycles. The summed E-state index contributed by atoms with van der Waals surface area (Å²) in [5.74, 6) is 1.89. The molecular weight excluding hydrogens is 576 g/mol. The smallest absolute Gasteiger partial charge is 0.404 e. The third kappa shape index (κ3) is 6.73. The minimum Gasteiger partial charge on any atom is -0.505 e. The van der Waals surface area contributed by atoms with Crippen molar-refractivity contribution in [2.24, 2.45) is 5.73 Å². The summed E-state index contributed by atoms with van der Waals surface area (Å²) in [6, 6.07) is 9.18. The molecule has 2 heterocycles. The van der Waals surface area contributed by atoms with Gasteiger partial charge in [-0.1, -0.05) is 6.07 Å². The van der Waals surface area contributed by atoms with E-state index < -0.39 is 59.3 Å². The van der Waals surface area contributed by atoms with Gasteiger partial charge in [0.1, 0.15) is 23.2 Å². The van der Waals surface area contributed by atoms with E-state index in [2.05, 4.69) is 11.2 Å². The number of aryl methyl sites for hydroxylation is 1. The molecule has 4 atom stereocenters. The second kappa shape index (κ2) is 13.3. The number of primary amides is 1. The summed E-state index contributed by atoms with van der Waals surface area (Å²) < 4.78 is 33.5. The van der Waals surface area contributed by atoms with Crippen LogP contribution in [0.15, 0.2) is 45.6 Å². The van der Waals surface area contributed by atoms with E-state index in [1.165, 1.54) is 31.4 Å². The normalized spacial score (nSPS) is 20.8. The molecule has 0 unspecified atom stereocenters. The Morgan fingerprint density at radius 2 is 1.98 bits per heavy atom. The van der Waals surface area contributed by atoms with Crippen LogP contribution in [-0.2, 0) is 14.2 Å². The number of aliphatic hydroxyl groups is 1. The summed E-state index contributed by atoms with van der Waals surface area (Å²) in [4.78, 5) is 37.4. The molecule has 2 aromatic carbocycles. The first kappa shape index (κ1) is 32.2. The van der Waals surface area contributed by atoms with Gasteiger partial charge in [0.05, 0.1) is 17.6 Å². The fourth-order valence-corrected chi connectivity index (χ4v) is 4.95. The monoisotopic (exact) mass is 610 g/mol. The van der Waals surface area contributed by atoms with Gasteiger partial charge in [0.25, 0.3) is 5.91 Å². The number of nitrogens with one attached hydrogen (secondary N) is 1. The number of hydrogen-bond acceptors (Lipinski definition) is 11. The number of rotatable bonds is 10. The van der Waals surface area contributed by atoms with Crippen LogP contribution in [0.3, 0.4) is 0 Å². The van der Waals surface area contributed by atoms with E-state index in [-0.39, 0.29) is 27.8 Å². The van der Waals surface area contributed by atoms with Crippen LogP contribution in [0.5, 0.6) is 17.2 Å². The molecule has 0 saturated carbocycles. The van der Waals surface area contributed by atoms with Crippen LogP contribution < -0.4 is 26.1 Å². The fraction of sp³-hybridized carbons (Fsp3) is 0.387. The number of aromatic hydroxyl groups is 1. The van der Waals surface area contributed by atoms with Gasteiger partial charge < -0.3 is 49.4 Å². The Labute approximate surface area is 252 Å². The third-order valence-corrected chi connectivity index (χ3v) is 7.08. The molecule has 44 heavy (non-hydrogen) atoms. The summed E-state index contributed by atoms with van der Waals surface area (Å²) in [6.45, 7) is 5.24. The van der Waals surface area contributed by atoms with Crippen molar-refractivity contribution < 1.29 is 47.9 Å². The summed E-state index contributed by atoms with van der Waals surface area (Å²) in [5, 5.41) is 24.4. The fourth-order valence-electron chi connectivity index (χ4n) is 4.95. The Morgan fingerprint density at radius 1 is 1.23 bits per heavy atom. The van der Waals surface area contributed by atoms with Gasteiger partial charge in [-0.05, 0) is 57.5 Å². The van der Waals surface area contributed by atoms with E-state index in [0.717, 1.165) is 0 Å². The van der Waals surface area contributed by atoms with Crippen LogP contribution in [0, 0.1) is 19.3 Å². The number of terminal acetylenes is 1. The van der Waals surface area contributed by atoms with Gasteiger partial charge in [0, 0.05) is 24.7 Å². The lowest BCUT2D eigenvalue weighted by Gasteiger charge is -2.47. The average Bonchev–Trinajstić information content (AvgIpc) is 2.97. The molecular formula is C31H34N2O11. The molecule has 4 rings (SSSR count). The van der Waals surface area contributed by atoms with E-state index in [9.17, 15) is 24.6 Å². The van der Waals surface area contributed by atoms with Crippen molar-refractivity contribution in [1.82, 2.24) is 0 Å². The van der Waals surface area contributed by atoms with Crippen LogP contribution in [0.2, 0.25) is 0 Å². The van der Waals surface area contributed by atoms with Gasteiger partial charge in [-0.25, -0.2) is 9.59 Å². The molecule has 13 heteroatoms. The standard InChI is InChI=1S/C31H34N2O11/c1-6-7-8-14-40-18-11-9-10-17(15-18)27(36)33-21-22(34)19-12-13-20(16(2)24(19)42-28(21)37)41-29-23(35)25(43-30(32)38)26(39-5)31(3,4)44-29/h1,9-13,15,23,25-26,29,34-35H,7-8,14H2,2-5H3,(H2,32,38)(H,33,36)/t23-,25+,26-,29-/m1/s1. The number of anilines is 1. The van der Waals surface area contributed by atoms with Crippen molar-refractivity contribution in [3.05, 3.63) is 57.9 Å².